The molecule has 0 saturated heterocycles. The largest absolute Gasteiger partial charge is 0.489 e. The van der Waals surface area contributed by atoms with Crippen LogP contribution < -0.4 is 34.2 Å². The normalized spacial score (nSPS) is 16.5. The number of halogens is 9. The lowest BCUT2D eigenvalue weighted by Gasteiger charge is -2.32. The number of nitrogens with one attached hydrogen (secondary N) is 1. The van der Waals surface area contributed by atoms with E-state index in [1.165, 1.54) is 49.2 Å². The van der Waals surface area contributed by atoms with E-state index in [0.717, 1.165) is 123 Å². The summed E-state index contributed by atoms with van der Waals surface area (Å²) < 4.78 is 158. The molecule has 6 aromatic rings. The average Bonchev–Trinajstić information content (AvgIpc) is 1.74. The van der Waals surface area contributed by atoms with Gasteiger partial charge in [-0.05, 0) is 247 Å². The molecule has 3 aliphatic carbocycles. The number of ether oxygens (including phenoxy) is 6. The van der Waals surface area contributed by atoms with E-state index in [-0.39, 0.29) is 62.9 Å². The number of carboxylic acids is 2. The van der Waals surface area contributed by atoms with Crippen LogP contribution in [0, 0.1) is 0 Å². The molecule has 22 nitrogen and oxygen atoms in total. The predicted molar refractivity (Wildman–Crippen MR) is 442 cm³/mol. The van der Waals surface area contributed by atoms with Crippen molar-refractivity contribution in [2.45, 2.75) is 262 Å². The van der Waals surface area contributed by atoms with Crippen molar-refractivity contribution in [1.29, 1.82) is 0 Å². The zero-order valence-corrected chi connectivity index (χ0v) is 71.2. The van der Waals surface area contributed by atoms with Gasteiger partial charge in [0.2, 0.25) is 5.91 Å². The molecular weight excluding hydrogens is 1620 g/mol. The molecule has 0 radical (unpaired) electrons. The molecule has 3 saturated carbocycles. The second kappa shape index (κ2) is 40.8. The lowest BCUT2D eigenvalue weighted by Crippen LogP contribution is -2.51. The fourth-order valence-electron chi connectivity index (χ4n) is 16.9. The Balaban J connectivity index is 0.000000194. The van der Waals surface area contributed by atoms with E-state index < -0.39 is 113 Å². The summed E-state index contributed by atoms with van der Waals surface area (Å²) in [6.07, 6.45) is -1.06. The molecule has 3 aliphatic heterocycles. The van der Waals surface area contributed by atoms with E-state index in [4.69, 9.17) is 33.5 Å². The Morgan fingerprint density at radius 3 is 1.00 bits per heavy atom. The second-order valence-corrected chi connectivity index (χ2v) is 34.3. The smallest absolute Gasteiger partial charge is 0.416 e. The van der Waals surface area contributed by atoms with Gasteiger partial charge in [-0.1, -0.05) is 94.2 Å². The highest BCUT2D eigenvalue weighted by molar-refractivity contribution is 6.03. The Labute approximate surface area is 711 Å². The molecule has 3 heterocycles. The number of rotatable bonds is 24. The van der Waals surface area contributed by atoms with Gasteiger partial charge in [0.05, 0.1) is 49.1 Å². The third kappa shape index (κ3) is 25.3. The quantitative estimate of drug-likeness (QED) is 0.0289. The van der Waals surface area contributed by atoms with Gasteiger partial charge in [-0.2, -0.15) is 39.5 Å². The molecule has 5 amide bonds. The summed E-state index contributed by atoms with van der Waals surface area (Å²) in [5.74, 6) is -3.10. The van der Waals surface area contributed by atoms with Gasteiger partial charge >= 0.3 is 48.6 Å². The number of hydrogen-bond donors (Lipinski definition) is 3. The van der Waals surface area contributed by atoms with Crippen LogP contribution in [0.15, 0.2) is 109 Å². The van der Waals surface area contributed by atoms with Crippen LogP contribution in [-0.2, 0) is 101 Å². The molecule has 12 rings (SSSR count). The van der Waals surface area contributed by atoms with E-state index in [1.807, 2.05) is 0 Å². The van der Waals surface area contributed by atoms with Crippen LogP contribution in [-0.4, -0.2) is 145 Å². The summed E-state index contributed by atoms with van der Waals surface area (Å²) in [5.41, 5.74) is 3.29. The fraction of sp³-hybridized carbons (Fsp3) is 0.522. The molecule has 3 atom stereocenters. The topological polar surface area (TPSA) is 261 Å². The molecule has 0 aromatic heterocycles. The first-order valence-electron chi connectivity index (χ1n) is 41.9. The fourth-order valence-corrected chi connectivity index (χ4v) is 16.9. The number of carboxylic acid groups (broad SMARTS) is 2. The van der Waals surface area contributed by atoms with Crippen LogP contribution in [0.2, 0.25) is 0 Å². The van der Waals surface area contributed by atoms with Crippen molar-refractivity contribution in [3.63, 3.8) is 0 Å². The van der Waals surface area contributed by atoms with Gasteiger partial charge in [-0.15, -0.1) is 0 Å². The number of fused-ring (bicyclic) bond motifs is 3. The maximum Gasteiger partial charge on any atom is 0.416 e. The molecule has 6 aromatic carbocycles. The van der Waals surface area contributed by atoms with Crippen molar-refractivity contribution < 1.29 is 117 Å². The number of amides is 5. The molecule has 3 N–H and O–H groups in total. The second-order valence-electron chi connectivity index (χ2n) is 34.3. The van der Waals surface area contributed by atoms with Crippen LogP contribution in [0.1, 0.15) is 242 Å². The van der Waals surface area contributed by atoms with E-state index >= 15 is 0 Å². The van der Waals surface area contributed by atoms with Crippen molar-refractivity contribution in [2.24, 2.45) is 0 Å². The van der Waals surface area contributed by atoms with Crippen molar-refractivity contribution in [3.05, 3.63) is 176 Å². The first kappa shape index (κ1) is 94.7. The summed E-state index contributed by atoms with van der Waals surface area (Å²) in [6.45, 7) is 11.0. The number of carbonyl (C=O) groups is 8. The minimum atomic E-state index is -4.46. The summed E-state index contributed by atoms with van der Waals surface area (Å²) in [6, 6.07) is 25.5. The van der Waals surface area contributed by atoms with Gasteiger partial charge in [-0.25, -0.2) is 9.59 Å². The number of carbonyl (C=O) groups excluding carboxylic acids is 6. The number of esters is 1. The van der Waals surface area contributed by atoms with E-state index in [2.05, 4.69) is 5.32 Å². The highest BCUT2D eigenvalue weighted by Gasteiger charge is 2.43. The molecule has 3 fully saturated rings. The van der Waals surface area contributed by atoms with Gasteiger partial charge in [0.15, 0.2) is 0 Å². The lowest BCUT2D eigenvalue weighted by atomic mass is 9.81. The van der Waals surface area contributed by atoms with Crippen molar-refractivity contribution in [1.82, 2.24) is 15.1 Å². The molecule has 0 unspecified atom stereocenters. The lowest BCUT2D eigenvalue weighted by molar-refractivity contribution is -0.144. The third-order valence-electron chi connectivity index (χ3n) is 23.1. The Kier molecular flexibility index (Phi) is 31.4. The summed E-state index contributed by atoms with van der Waals surface area (Å²) in [5, 5.41) is 21.2. The van der Waals surface area contributed by atoms with Gasteiger partial charge in [0, 0.05) is 50.8 Å². The first-order chi connectivity index (χ1) is 58.0. The Morgan fingerprint density at radius 1 is 0.423 bits per heavy atom. The van der Waals surface area contributed by atoms with Gasteiger partial charge in [-0.3, -0.25) is 38.6 Å². The van der Waals surface area contributed by atoms with Crippen LogP contribution in [0.5, 0.6) is 17.2 Å². The Bertz CT molecular complexity index is 4750. The number of nitrogens with zero attached hydrogens (tertiary/aromatic N) is 5. The van der Waals surface area contributed by atoms with E-state index in [0.29, 0.717) is 100 Å². The highest BCUT2D eigenvalue weighted by atomic mass is 19.4. The number of benzene rings is 6. The molecular formula is C92H111F9N6O16. The van der Waals surface area contributed by atoms with Crippen molar-refractivity contribution in [2.75, 3.05) is 62.6 Å². The molecule has 123 heavy (non-hydrogen) atoms. The minimum Gasteiger partial charge on any atom is -0.489 e. The van der Waals surface area contributed by atoms with Crippen molar-refractivity contribution >= 4 is 64.9 Å². The number of aliphatic carboxylic acids is 2. The third-order valence-corrected chi connectivity index (χ3v) is 23.1. The monoisotopic (exact) mass is 1730 g/mol. The van der Waals surface area contributed by atoms with E-state index in [1.54, 1.807) is 144 Å². The van der Waals surface area contributed by atoms with E-state index in [9.17, 15) is 83.0 Å². The minimum absolute atomic E-state index is 0.00407. The zero-order chi connectivity index (χ0) is 89.6. The van der Waals surface area contributed by atoms with Crippen LogP contribution in [0.25, 0.3) is 0 Å². The maximum absolute atomic E-state index is 14.0. The Morgan fingerprint density at radius 2 is 0.724 bits per heavy atom. The summed E-state index contributed by atoms with van der Waals surface area (Å²) in [4.78, 5) is 107. The van der Waals surface area contributed by atoms with Gasteiger partial charge < -0.3 is 58.7 Å². The SMILES string of the molecule is CN(C(=O)OC(C)(C)C)[C@H](CC(=O)O)C(=O)N1CCc2cc(OCc3ccc(C4CCCCC4)c(C(F)(F)F)c3)ccc21.CN[C@H](CC(=O)O)C(=O)N1CCc2cc(OCc3ccc(C4CCCCC4)c(C(F)(F)F)c3)ccc21.COC(=O)C[C@H](C(=O)N1CCc2cc(OCc3ccc(C4CCCCC4)c(C(F)(F)F)c3)ccc21)N(C)C(=O)OC(C)(C)C. The van der Waals surface area contributed by atoms with Crippen LogP contribution in [0.3, 0.4) is 0 Å². The number of anilines is 3. The molecule has 31 heteroatoms. The van der Waals surface area contributed by atoms with Crippen LogP contribution in [0.4, 0.5) is 66.2 Å². The van der Waals surface area contributed by atoms with Gasteiger partial charge in [0.1, 0.15) is 60.4 Å². The van der Waals surface area contributed by atoms with Crippen molar-refractivity contribution in [3.8, 4) is 17.2 Å². The summed E-state index contributed by atoms with van der Waals surface area (Å²) >= 11 is 0. The van der Waals surface area contributed by atoms with Gasteiger partial charge in [0.25, 0.3) is 11.8 Å². The maximum atomic E-state index is 14.0. The molecule has 0 bridgehead atoms. The summed E-state index contributed by atoms with van der Waals surface area (Å²) in [7, 11) is 5.49. The standard InChI is InChI=1S/C33H41F3N2O6.C32H39F3N2O6.C27H31F3N2O4/c1-32(2,3)44-31(41)37(4)28(19-29(39)42-5)30(40)38-16-15-23-18-24(12-14-27(23)38)43-20-21-11-13-25(22-9-7-6-8-10-22)26(17-21)33(34,35)36;1-31(2,3)43-30(41)36(4)27(18-28(38)39)29(40)37-15-14-22-17-23(11-13-26(22)37)42-19-20-10-12-24(21-8-6-5-7-9-21)25(16-20)32(33,34)35;1-31-23(15-25(33)34)26(35)32-12-11-19-14-20(8-10-24(19)32)36-16-17-7-9-21(18-5-3-2-4-6-18)22(13-17)27(28,29)30/h11-14,17-18,22,28H,6-10,15-16,19-20H2,1-5H3;10-13,16-17,21,27H,5-9,14-15,18-19H2,1-4H3,(H,38,39);7-10,13-14,18,23,31H,2-6,11-12,15-16H2,1H3,(H,33,34)/t28-;27-;23-/m111/s1. The highest BCUT2D eigenvalue weighted by Crippen LogP contribution is 2.46. The predicted octanol–water partition coefficient (Wildman–Crippen LogP) is 19.2. The number of alkyl halides is 9. The zero-order valence-electron chi connectivity index (χ0n) is 71.2. The number of methoxy groups -OCH3 is 1. The number of likely N-dealkylation sites (N-methyl/N-ethyl adjacent to an activating group) is 3. The van der Waals surface area contributed by atoms with Crippen LogP contribution >= 0.6 is 0 Å². The number of hydrogen-bond acceptors (Lipinski definition) is 15. The molecule has 0 spiro atoms. The molecule has 6 aliphatic rings. The molecule has 668 valence electrons. The average molecular weight is 1730 g/mol. The Hall–Kier alpha value is -10.6. The first-order valence-corrected chi connectivity index (χ1v) is 41.9.